The average Bonchev–Trinajstić information content (AvgIpc) is 2.55. The van der Waals surface area contributed by atoms with E-state index < -0.39 is 11.8 Å². The summed E-state index contributed by atoms with van der Waals surface area (Å²) in [7, 11) is 1.48. The van der Waals surface area contributed by atoms with E-state index >= 15 is 0 Å². The maximum atomic E-state index is 12.0. The van der Waals surface area contributed by atoms with Gasteiger partial charge in [0.25, 0.3) is 0 Å². The van der Waals surface area contributed by atoms with Crippen molar-refractivity contribution in [2.45, 2.75) is 13.8 Å². The molecule has 6 heteroatoms. The third-order valence-corrected chi connectivity index (χ3v) is 3.36. The summed E-state index contributed by atoms with van der Waals surface area (Å²) in [6, 6.07) is 11.6. The zero-order valence-electron chi connectivity index (χ0n) is 13.7. The number of carbonyl (C=O) groups excluding carboxylic acids is 3. The number of hydrogen-bond donors (Lipinski definition) is 2. The lowest BCUT2D eigenvalue weighted by molar-refractivity contribution is -0.133. The van der Waals surface area contributed by atoms with Crippen molar-refractivity contribution >= 4 is 29.0 Å². The molecule has 2 aromatic carbocycles. The molecular weight excluding hydrogens is 308 g/mol. The van der Waals surface area contributed by atoms with Gasteiger partial charge < -0.3 is 15.4 Å². The fourth-order valence-electron chi connectivity index (χ4n) is 2.07. The Morgan fingerprint density at radius 2 is 1.54 bits per heavy atom. The molecule has 0 atom stereocenters. The summed E-state index contributed by atoms with van der Waals surface area (Å²) in [5, 5.41) is 5.00. The molecule has 0 radical (unpaired) electrons. The van der Waals surface area contributed by atoms with Crippen LogP contribution < -0.4 is 15.4 Å². The topological polar surface area (TPSA) is 84.5 Å². The van der Waals surface area contributed by atoms with Gasteiger partial charge in [0.15, 0.2) is 5.78 Å². The summed E-state index contributed by atoms with van der Waals surface area (Å²) in [4.78, 5) is 35.2. The van der Waals surface area contributed by atoms with Crippen LogP contribution in [0.5, 0.6) is 5.75 Å². The highest BCUT2D eigenvalue weighted by Crippen LogP contribution is 2.25. The molecule has 124 valence electrons. The fourth-order valence-corrected chi connectivity index (χ4v) is 2.07. The van der Waals surface area contributed by atoms with E-state index in [2.05, 4.69) is 10.6 Å². The lowest BCUT2D eigenvalue weighted by Crippen LogP contribution is -2.29. The van der Waals surface area contributed by atoms with Crippen molar-refractivity contribution in [3.8, 4) is 5.75 Å². The van der Waals surface area contributed by atoms with Gasteiger partial charge >= 0.3 is 11.8 Å². The quantitative estimate of drug-likeness (QED) is 0.668. The van der Waals surface area contributed by atoms with Gasteiger partial charge in [0.05, 0.1) is 12.8 Å². The number of ether oxygens (including phenoxy) is 1. The van der Waals surface area contributed by atoms with Crippen LogP contribution in [0, 0.1) is 6.92 Å². The van der Waals surface area contributed by atoms with Gasteiger partial charge in [-0.15, -0.1) is 0 Å². The number of anilines is 2. The third-order valence-electron chi connectivity index (χ3n) is 3.36. The minimum atomic E-state index is -0.811. The highest BCUT2D eigenvalue weighted by molar-refractivity contribution is 6.43. The zero-order valence-corrected chi connectivity index (χ0v) is 13.7. The van der Waals surface area contributed by atoms with Crippen molar-refractivity contribution in [1.29, 1.82) is 0 Å². The first-order chi connectivity index (χ1) is 11.4. The van der Waals surface area contributed by atoms with E-state index in [1.807, 2.05) is 13.0 Å². The van der Waals surface area contributed by atoms with Gasteiger partial charge in [0.1, 0.15) is 5.75 Å². The van der Waals surface area contributed by atoms with E-state index in [1.54, 1.807) is 36.4 Å². The highest BCUT2D eigenvalue weighted by Gasteiger charge is 2.16. The molecule has 0 unspecified atom stereocenters. The Bertz CT molecular complexity index is 782. The maximum Gasteiger partial charge on any atom is 0.314 e. The predicted molar refractivity (Wildman–Crippen MR) is 91.4 cm³/mol. The van der Waals surface area contributed by atoms with Crippen molar-refractivity contribution in [1.82, 2.24) is 0 Å². The number of rotatable bonds is 4. The molecule has 2 rings (SSSR count). The largest absolute Gasteiger partial charge is 0.495 e. The lowest BCUT2D eigenvalue weighted by Gasteiger charge is -2.11. The van der Waals surface area contributed by atoms with E-state index in [9.17, 15) is 14.4 Å². The van der Waals surface area contributed by atoms with Crippen LogP contribution in [0.25, 0.3) is 0 Å². The third kappa shape index (κ3) is 4.19. The molecular formula is C18H18N2O4. The van der Waals surface area contributed by atoms with E-state index in [4.69, 9.17) is 4.74 Å². The number of hydrogen-bond acceptors (Lipinski definition) is 4. The molecule has 6 nitrogen and oxygen atoms in total. The number of aryl methyl sites for hydroxylation is 1. The number of amides is 2. The van der Waals surface area contributed by atoms with Gasteiger partial charge in [-0.25, -0.2) is 0 Å². The Morgan fingerprint density at radius 3 is 2.12 bits per heavy atom. The Hall–Kier alpha value is -3.15. The Kier molecular flexibility index (Phi) is 5.31. The molecule has 0 aliphatic carbocycles. The number of ketones is 1. The molecule has 0 aliphatic rings. The van der Waals surface area contributed by atoms with E-state index in [-0.39, 0.29) is 5.78 Å². The maximum absolute atomic E-state index is 12.0. The Labute approximate surface area is 139 Å². The smallest absolute Gasteiger partial charge is 0.314 e. The number of benzene rings is 2. The second kappa shape index (κ2) is 7.41. The minimum Gasteiger partial charge on any atom is -0.495 e. The van der Waals surface area contributed by atoms with E-state index in [1.165, 1.54) is 14.0 Å². The second-order valence-corrected chi connectivity index (χ2v) is 5.25. The second-order valence-electron chi connectivity index (χ2n) is 5.25. The normalized spacial score (nSPS) is 9.96. The molecule has 0 aliphatic heterocycles. The van der Waals surface area contributed by atoms with Crippen LogP contribution in [-0.2, 0) is 9.59 Å². The first-order valence-corrected chi connectivity index (χ1v) is 7.28. The standard InChI is InChI=1S/C18H18N2O4/c1-11-4-9-16(24-3)15(10-11)20-18(23)17(22)19-14-7-5-13(6-8-14)12(2)21/h4-10H,1-3H3,(H,19,22)(H,20,23). The number of nitrogens with one attached hydrogen (secondary N) is 2. The van der Waals surface area contributed by atoms with Crippen molar-refractivity contribution in [2.75, 3.05) is 17.7 Å². The molecule has 0 saturated heterocycles. The van der Waals surface area contributed by atoms with Crippen molar-refractivity contribution in [3.05, 3.63) is 53.6 Å². The van der Waals surface area contributed by atoms with Crippen molar-refractivity contribution < 1.29 is 19.1 Å². The molecule has 0 heterocycles. The molecule has 24 heavy (non-hydrogen) atoms. The van der Waals surface area contributed by atoms with Gasteiger partial charge in [-0.05, 0) is 55.8 Å². The van der Waals surface area contributed by atoms with E-state index in [0.29, 0.717) is 22.7 Å². The van der Waals surface area contributed by atoms with Crippen LogP contribution in [-0.4, -0.2) is 24.7 Å². The highest BCUT2D eigenvalue weighted by atomic mass is 16.5. The van der Waals surface area contributed by atoms with Crippen LogP contribution in [0.3, 0.4) is 0 Å². The van der Waals surface area contributed by atoms with Crippen LogP contribution >= 0.6 is 0 Å². The van der Waals surface area contributed by atoms with Crippen LogP contribution in [0.4, 0.5) is 11.4 Å². The fraction of sp³-hybridized carbons (Fsp3) is 0.167. The summed E-state index contributed by atoms with van der Waals surface area (Å²) in [6.45, 7) is 3.32. The SMILES string of the molecule is COc1ccc(C)cc1NC(=O)C(=O)Nc1ccc(C(C)=O)cc1. The number of carbonyl (C=O) groups is 3. The summed E-state index contributed by atoms with van der Waals surface area (Å²) >= 11 is 0. The lowest BCUT2D eigenvalue weighted by atomic mass is 10.1. The van der Waals surface area contributed by atoms with Gasteiger partial charge in [-0.1, -0.05) is 6.07 Å². The summed E-state index contributed by atoms with van der Waals surface area (Å²) in [5.41, 5.74) is 2.30. The van der Waals surface area contributed by atoms with Crippen molar-refractivity contribution in [3.63, 3.8) is 0 Å². The van der Waals surface area contributed by atoms with Gasteiger partial charge in [-0.3, -0.25) is 14.4 Å². The molecule has 0 aromatic heterocycles. The number of methoxy groups -OCH3 is 1. The summed E-state index contributed by atoms with van der Waals surface area (Å²) in [5.74, 6) is -1.23. The van der Waals surface area contributed by atoms with Gasteiger partial charge in [0, 0.05) is 11.3 Å². The monoisotopic (exact) mass is 326 g/mol. The minimum absolute atomic E-state index is 0.0721. The van der Waals surface area contributed by atoms with Crippen molar-refractivity contribution in [2.24, 2.45) is 0 Å². The Balaban J connectivity index is 2.06. The molecule has 0 bridgehead atoms. The molecule has 0 fully saturated rings. The first-order valence-electron chi connectivity index (χ1n) is 7.28. The predicted octanol–water partition coefficient (Wildman–Crippen LogP) is 2.78. The summed E-state index contributed by atoms with van der Waals surface area (Å²) in [6.07, 6.45) is 0. The van der Waals surface area contributed by atoms with E-state index in [0.717, 1.165) is 5.56 Å². The molecule has 0 spiro atoms. The van der Waals surface area contributed by atoms with Crippen LogP contribution in [0.2, 0.25) is 0 Å². The Morgan fingerprint density at radius 1 is 0.917 bits per heavy atom. The van der Waals surface area contributed by atoms with Crippen LogP contribution in [0.15, 0.2) is 42.5 Å². The molecule has 2 N–H and O–H groups in total. The first kappa shape index (κ1) is 17.2. The molecule has 2 aromatic rings. The summed E-state index contributed by atoms with van der Waals surface area (Å²) < 4.78 is 5.16. The zero-order chi connectivity index (χ0) is 17.7. The average molecular weight is 326 g/mol. The van der Waals surface area contributed by atoms with Gasteiger partial charge in [0.2, 0.25) is 0 Å². The molecule has 0 saturated carbocycles. The number of Topliss-reactive ketones (excluding diaryl/α,β-unsaturated/α-hetero) is 1. The molecule has 2 amide bonds. The van der Waals surface area contributed by atoms with Gasteiger partial charge in [-0.2, -0.15) is 0 Å². The van der Waals surface area contributed by atoms with Crippen LogP contribution in [0.1, 0.15) is 22.8 Å².